The normalized spacial score (nSPS) is 12.3. The first kappa shape index (κ1) is 16.0. The molecule has 0 heterocycles. The quantitative estimate of drug-likeness (QED) is 0.649. The molecule has 0 aromatic heterocycles. The third-order valence-corrected chi connectivity index (χ3v) is 4.91. The van der Waals surface area contributed by atoms with Gasteiger partial charge in [-0.1, -0.05) is 45.8 Å². The van der Waals surface area contributed by atoms with Crippen molar-refractivity contribution in [3.05, 3.63) is 62.6 Å². The lowest BCUT2D eigenvalue weighted by Crippen LogP contribution is -2.29. The molecule has 3 N–H and O–H groups in total. The van der Waals surface area contributed by atoms with E-state index in [2.05, 4.69) is 60.3 Å². The maximum atomic E-state index is 5.83. The number of ether oxygens (including phenoxy) is 1. The van der Waals surface area contributed by atoms with Gasteiger partial charge in [0.15, 0.2) is 0 Å². The molecule has 0 radical (unpaired) electrons. The van der Waals surface area contributed by atoms with Gasteiger partial charge in [-0.3, -0.25) is 5.84 Å². The van der Waals surface area contributed by atoms with Crippen molar-refractivity contribution in [3.8, 4) is 5.75 Å². The molecule has 1 unspecified atom stereocenters. The fraction of sp³-hybridized carbons (Fsp3) is 0.294. The van der Waals surface area contributed by atoms with Crippen molar-refractivity contribution in [3.63, 3.8) is 0 Å². The van der Waals surface area contributed by atoms with Crippen LogP contribution < -0.4 is 16.0 Å². The Morgan fingerprint density at radius 2 is 1.71 bits per heavy atom. The summed E-state index contributed by atoms with van der Waals surface area (Å²) in [4.78, 5) is 0. The molecule has 2 aromatic rings. The summed E-state index contributed by atoms with van der Waals surface area (Å²) < 4.78 is 6.62. The molecular weight excluding hydrogens is 328 g/mol. The lowest BCUT2D eigenvalue weighted by molar-refractivity contribution is 0.404. The highest BCUT2D eigenvalue weighted by Gasteiger charge is 2.18. The molecule has 2 aromatic carbocycles. The van der Waals surface area contributed by atoms with Crippen molar-refractivity contribution in [1.82, 2.24) is 5.43 Å². The van der Waals surface area contributed by atoms with E-state index >= 15 is 0 Å². The van der Waals surface area contributed by atoms with Crippen LogP contribution in [0.25, 0.3) is 0 Å². The van der Waals surface area contributed by atoms with Crippen LogP contribution in [0.4, 0.5) is 0 Å². The minimum absolute atomic E-state index is 0.106. The lowest BCUT2D eigenvalue weighted by atomic mass is 9.94. The molecule has 3 nitrogen and oxygen atoms in total. The molecule has 0 aliphatic carbocycles. The number of hydrogen-bond acceptors (Lipinski definition) is 3. The van der Waals surface area contributed by atoms with Gasteiger partial charge in [0.25, 0.3) is 0 Å². The molecular formula is C17H21BrN2O. The molecule has 21 heavy (non-hydrogen) atoms. The number of nitrogens with one attached hydrogen (secondary N) is 1. The average molecular weight is 349 g/mol. The molecule has 0 amide bonds. The lowest BCUT2D eigenvalue weighted by Gasteiger charge is -2.21. The van der Waals surface area contributed by atoms with Gasteiger partial charge >= 0.3 is 0 Å². The summed E-state index contributed by atoms with van der Waals surface area (Å²) in [6, 6.07) is 10.3. The average Bonchev–Trinajstić information content (AvgIpc) is 2.46. The van der Waals surface area contributed by atoms with Gasteiger partial charge in [0.2, 0.25) is 0 Å². The van der Waals surface area contributed by atoms with E-state index in [1.165, 1.54) is 16.7 Å². The fourth-order valence-electron chi connectivity index (χ4n) is 2.59. The summed E-state index contributed by atoms with van der Waals surface area (Å²) in [5.41, 5.74) is 8.64. The van der Waals surface area contributed by atoms with Crippen molar-refractivity contribution >= 4 is 15.9 Å². The van der Waals surface area contributed by atoms with E-state index in [4.69, 9.17) is 10.6 Å². The molecule has 4 heteroatoms. The minimum Gasteiger partial charge on any atom is -0.496 e. The maximum absolute atomic E-state index is 5.83. The van der Waals surface area contributed by atoms with Gasteiger partial charge in [0.05, 0.1) is 13.2 Å². The van der Waals surface area contributed by atoms with Crippen LogP contribution in [0.1, 0.15) is 33.9 Å². The first-order chi connectivity index (χ1) is 9.97. The number of benzene rings is 2. The molecule has 2 rings (SSSR count). The Balaban J connectivity index is 2.57. The van der Waals surface area contributed by atoms with Crippen LogP contribution in [-0.4, -0.2) is 7.11 Å². The first-order valence-corrected chi connectivity index (χ1v) is 7.64. The van der Waals surface area contributed by atoms with Crippen molar-refractivity contribution in [1.29, 1.82) is 0 Å². The smallest absolute Gasteiger partial charge is 0.124 e. The molecule has 112 valence electrons. The molecule has 1 atom stereocenters. The van der Waals surface area contributed by atoms with Crippen molar-refractivity contribution in [2.24, 2.45) is 5.84 Å². The minimum atomic E-state index is -0.106. The zero-order valence-electron chi connectivity index (χ0n) is 12.8. The van der Waals surface area contributed by atoms with Crippen LogP contribution in [0.15, 0.2) is 34.8 Å². The molecule has 0 fully saturated rings. The number of methoxy groups -OCH3 is 1. The zero-order valence-corrected chi connectivity index (χ0v) is 14.4. The Morgan fingerprint density at radius 1 is 1.10 bits per heavy atom. The van der Waals surface area contributed by atoms with Gasteiger partial charge in [-0.2, -0.15) is 0 Å². The highest BCUT2D eigenvalue weighted by Crippen LogP contribution is 2.33. The number of aryl methyl sites for hydroxylation is 3. The van der Waals surface area contributed by atoms with Crippen molar-refractivity contribution in [2.75, 3.05) is 7.11 Å². The van der Waals surface area contributed by atoms with Crippen molar-refractivity contribution < 1.29 is 4.74 Å². The van der Waals surface area contributed by atoms with Gasteiger partial charge in [-0.25, -0.2) is 5.43 Å². The van der Waals surface area contributed by atoms with E-state index < -0.39 is 0 Å². The summed E-state index contributed by atoms with van der Waals surface area (Å²) in [7, 11) is 1.68. The van der Waals surface area contributed by atoms with Crippen LogP contribution in [0.3, 0.4) is 0 Å². The summed E-state index contributed by atoms with van der Waals surface area (Å²) in [6.45, 7) is 6.23. The predicted molar refractivity (Wildman–Crippen MR) is 90.5 cm³/mol. The van der Waals surface area contributed by atoms with Gasteiger partial charge in [0.1, 0.15) is 5.75 Å². The van der Waals surface area contributed by atoms with Crippen LogP contribution in [0.2, 0.25) is 0 Å². The Hall–Kier alpha value is -1.36. The van der Waals surface area contributed by atoms with Crippen LogP contribution in [0.5, 0.6) is 5.75 Å². The largest absolute Gasteiger partial charge is 0.496 e. The Bertz CT molecular complexity index is 632. The number of rotatable bonds is 4. The summed E-state index contributed by atoms with van der Waals surface area (Å²) in [6.07, 6.45) is 0. The number of halogens is 1. The van der Waals surface area contributed by atoms with E-state index in [9.17, 15) is 0 Å². The van der Waals surface area contributed by atoms with Gasteiger partial charge in [-0.15, -0.1) is 0 Å². The van der Waals surface area contributed by atoms with E-state index in [1.54, 1.807) is 7.11 Å². The van der Waals surface area contributed by atoms with Gasteiger partial charge in [0, 0.05) is 10.0 Å². The Kier molecular flexibility index (Phi) is 5.04. The molecule has 0 spiro atoms. The third-order valence-electron chi connectivity index (χ3n) is 3.65. The number of nitrogens with two attached hydrogens (primary N) is 1. The van der Waals surface area contributed by atoms with E-state index in [-0.39, 0.29) is 6.04 Å². The van der Waals surface area contributed by atoms with E-state index in [1.807, 2.05) is 12.1 Å². The summed E-state index contributed by atoms with van der Waals surface area (Å²) in [5.74, 6) is 6.67. The monoisotopic (exact) mass is 348 g/mol. The molecule has 0 bridgehead atoms. The summed E-state index contributed by atoms with van der Waals surface area (Å²) in [5, 5.41) is 0. The predicted octanol–water partition coefficient (Wildman–Crippen LogP) is 3.94. The van der Waals surface area contributed by atoms with Crippen molar-refractivity contribution in [2.45, 2.75) is 26.8 Å². The molecule has 0 aliphatic rings. The Labute approximate surface area is 134 Å². The van der Waals surface area contributed by atoms with Gasteiger partial charge < -0.3 is 4.74 Å². The van der Waals surface area contributed by atoms with E-state index in [0.29, 0.717) is 0 Å². The number of hydrogen-bond donors (Lipinski definition) is 2. The highest BCUT2D eigenvalue weighted by atomic mass is 79.9. The SMILES string of the molecule is COc1ccc(C)cc1C(NN)c1cc(C)c(Br)c(C)c1. The Morgan fingerprint density at radius 3 is 2.24 bits per heavy atom. The molecule has 0 saturated heterocycles. The molecule has 0 aliphatic heterocycles. The second-order valence-corrected chi connectivity index (χ2v) is 6.11. The second kappa shape index (κ2) is 6.60. The van der Waals surface area contributed by atoms with Gasteiger partial charge in [-0.05, 0) is 43.5 Å². The van der Waals surface area contributed by atoms with E-state index in [0.717, 1.165) is 21.3 Å². The first-order valence-electron chi connectivity index (χ1n) is 6.85. The maximum Gasteiger partial charge on any atom is 0.124 e. The third kappa shape index (κ3) is 3.28. The van der Waals surface area contributed by atoms with Crippen LogP contribution >= 0.6 is 15.9 Å². The van der Waals surface area contributed by atoms with Crippen LogP contribution in [0, 0.1) is 20.8 Å². The zero-order chi connectivity index (χ0) is 15.6. The van der Waals surface area contributed by atoms with Crippen LogP contribution in [-0.2, 0) is 0 Å². The second-order valence-electron chi connectivity index (χ2n) is 5.31. The topological polar surface area (TPSA) is 47.3 Å². The fourth-order valence-corrected chi connectivity index (χ4v) is 2.82. The summed E-state index contributed by atoms with van der Waals surface area (Å²) >= 11 is 3.60. The number of hydrazine groups is 1. The standard InChI is InChI=1S/C17H21BrN2O/c1-10-5-6-15(21-4)14(7-10)17(20-19)13-8-11(2)16(18)12(3)9-13/h5-9,17,20H,19H2,1-4H3. The highest BCUT2D eigenvalue weighted by molar-refractivity contribution is 9.10. The molecule has 0 saturated carbocycles.